The fourth-order valence-corrected chi connectivity index (χ4v) is 2.08. The third-order valence-electron chi connectivity index (χ3n) is 3.27. The van der Waals surface area contributed by atoms with Gasteiger partial charge in [-0.3, -0.25) is 9.89 Å². The molecule has 0 atom stereocenters. The molecule has 0 aliphatic carbocycles. The van der Waals surface area contributed by atoms with E-state index in [-0.39, 0.29) is 5.91 Å². The van der Waals surface area contributed by atoms with Gasteiger partial charge in [0.25, 0.3) is 5.91 Å². The Hall–Kier alpha value is -2.62. The SMILES string of the molecule is Cc1ccc(C(=O)NCc2ccc3cn[nH]c3c2)cc1. The van der Waals surface area contributed by atoms with Gasteiger partial charge in [0.05, 0.1) is 11.7 Å². The van der Waals surface area contributed by atoms with Crippen molar-refractivity contribution in [3.63, 3.8) is 0 Å². The number of fused-ring (bicyclic) bond motifs is 1. The van der Waals surface area contributed by atoms with Gasteiger partial charge in [-0.2, -0.15) is 5.10 Å². The number of aromatic amines is 1. The summed E-state index contributed by atoms with van der Waals surface area (Å²) in [4.78, 5) is 12.0. The topological polar surface area (TPSA) is 57.8 Å². The molecule has 0 fully saturated rings. The first-order chi connectivity index (χ1) is 9.72. The quantitative estimate of drug-likeness (QED) is 0.765. The first-order valence-corrected chi connectivity index (χ1v) is 6.49. The first-order valence-electron chi connectivity index (χ1n) is 6.49. The number of H-pyrrole nitrogens is 1. The van der Waals surface area contributed by atoms with Crippen LogP contribution in [0.1, 0.15) is 21.5 Å². The molecule has 1 amide bonds. The van der Waals surface area contributed by atoms with Gasteiger partial charge in [0.1, 0.15) is 0 Å². The van der Waals surface area contributed by atoms with E-state index in [1.807, 2.05) is 49.4 Å². The molecule has 4 nitrogen and oxygen atoms in total. The molecule has 20 heavy (non-hydrogen) atoms. The van der Waals surface area contributed by atoms with Gasteiger partial charge in [0.2, 0.25) is 0 Å². The van der Waals surface area contributed by atoms with Gasteiger partial charge < -0.3 is 5.32 Å². The van der Waals surface area contributed by atoms with Crippen LogP contribution in [0.15, 0.2) is 48.7 Å². The van der Waals surface area contributed by atoms with Crippen LogP contribution < -0.4 is 5.32 Å². The Balaban J connectivity index is 1.69. The lowest BCUT2D eigenvalue weighted by Gasteiger charge is -2.06. The highest BCUT2D eigenvalue weighted by Gasteiger charge is 2.05. The van der Waals surface area contributed by atoms with Crippen LogP contribution in [0.3, 0.4) is 0 Å². The molecule has 0 saturated carbocycles. The minimum Gasteiger partial charge on any atom is -0.348 e. The average molecular weight is 265 g/mol. The lowest BCUT2D eigenvalue weighted by atomic mass is 10.1. The minimum absolute atomic E-state index is 0.0605. The van der Waals surface area contributed by atoms with E-state index in [9.17, 15) is 4.79 Å². The second-order valence-corrected chi connectivity index (χ2v) is 4.84. The van der Waals surface area contributed by atoms with E-state index in [0.717, 1.165) is 22.0 Å². The minimum atomic E-state index is -0.0605. The predicted molar refractivity (Wildman–Crippen MR) is 78.4 cm³/mol. The number of carbonyl (C=O) groups excluding carboxylic acids is 1. The summed E-state index contributed by atoms with van der Waals surface area (Å²) in [5.41, 5.74) is 3.85. The van der Waals surface area contributed by atoms with Crippen molar-refractivity contribution in [3.05, 3.63) is 65.4 Å². The van der Waals surface area contributed by atoms with Crippen LogP contribution in [0.25, 0.3) is 10.9 Å². The molecular formula is C16H15N3O. The zero-order valence-corrected chi connectivity index (χ0v) is 11.2. The molecular weight excluding hydrogens is 250 g/mol. The van der Waals surface area contributed by atoms with Gasteiger partial charge in [-0.05, 0) is 30.7 Å². The van der Waals surface area contributed by atoms with Crippen LogP contribution in [0.4, 0.5) is 0 Å². The van der Waals surface area contributed by atoms with Crippen LogP contribution in [0.2, 0.25) is 0 Å². The zero-order valence-electron chi connectivity index (χ0n) is 11.2. The number of nitrogens with one attached hydrogen (secondary N) is 2. The van der Waals surface area contributed by atoms with Crippen molar-refractivity contribution in [1.82, 2.24) is 15.5 Å². The Labute approximate surface area is 116 Å². The summed E-state index contributed by atoms with van der Waals surface area (Å²) in [6.07, 6.45) is 1.78. The molecule has 3 rings (SSSR count). The molecule has 0 spiro atoms. The van der Waals surface area contributed by atoms with Crippen molar-refractivity contribution in [2.24, 2.45) is 0 Å². The van der Waals surface area contributed by atoms with E-state index in [1.165, 1.54) is 0 Å². The fraction of sp³-hybridized carbons (Fsp3) is 0.125. The molecule has 0 aliphatic rings. The summed E-state index contributed by atoms with van der Waals surface area (Å²) in [6.45, 7) is 2.50. The third kappa shape index (κ3) is 2.54. The maximum absolute atomic E-state index is 12.0. The summed E-state index contributed by atoms with van der Waals surface area (Å²) in [5, 5.41) is 10.9. The number of rotatable bonds is 3. The van der Waals surface area contributed by atoms with Crippen LogP contribution in [-0.4, -0.2) is 16.1 Å². The molecule has 0 saturated heterocycles. The van der Waals surface area contributed by atoms with Crippen LogP contribution >= 0.6 is 0 Å². The van der Waals surface area contributed by atoms with Crippen molar-refractivity contribution < 1.29 is 4.79 Å². The highest BCUT2D eigenvalue weighted by Crippen LogP contribution is 2.12. The van der Waals surface area contributed by atoms with Crippen LogP contribution in [0.5, 0.6) is 0 Å². The second kappa shape index (κ2) is 5.17. The van der Waals surface area contributed by atoms with Crippen molar-refractivity contribution in [1.29, 1.82) is 0 Å². The number of aromatic nitrogens is 2. The summed E-state index contributed by atoms with van der Waals surface area (Å²) in [6, 6.07) is 13.5. The van der Waals surface area contributed by atoms with E-state index in [2.05, 4.69) is 15.5 Å². The molecule has 3 aromatic rings. The van der Waals surface area contributed by atoms with Crippen molar-refractivity contribution in [2.75, 3.05) is 0 Å². The lowest BCUT2D eigenvalue weighted by Crippen LogP contribution is -2.22. The van der Waals surface area contributed by atoms with E-state index in [4.69, 9.17) is 0 Å². The summed E-state index contributed by atoms with van der Waals surface area (Å²) in [7, 11) is 0. The van der Waals surface area contributed by atoms with Crippen molar-refractivity contribution in [3.8, 4) is 0 Å². The van der Waals surface area contributed by atoms with E-state index >= 15 is 0 Å². The maximum Gasteiger partial charge on any atom is 0.251 e. The molecule has 0 bridgehead atoms. The number of nitrogens with zero attached hydrogens (tertiary/aromatic N) is 1. The number of hydrogen-bond donors (Lipinski definition) is 2. The number of amides is 1. The Morgan fingerprint density at radius 2 is 2.00 bits per heavy atom. The molecule has 100 valence electrons. The first kappa shape index (κ1) is 12.4. The van der Waals surface area contributed by atoms with Gasteiger partial charge in [-0.15, -0.1) is 0 Å². The standard InChI is InChI=1S/C16H15N3O/c1-11-2-5-13(6-3-11)16(20)17-9-12-4-7-14-10-18-19-15(14)8-12/h2-8,10H,9H2,1H3,(H,17,20)(H,18,19). The number of carbonyl (C=O) groups is 1. The highest BCUT2D eigenvalue weighted by atomic mass is 16.1. The molecule has 1 aromatic heterocycles. The smallest absolute Gasteiger partial charge is 0.251 e. The van der Waals surface area contributed by atoms with Gasteiger partial charge >= 0.3 is 0 Å². The Morgan fingerprint density at radius 3 is 2.80 bits per heavy atom. The molecule has 2 aromatic carbocycles. The largest absolute Gasteiger partial charge is 0.348 e. The average Bonchev–Trinajstić information content (AvgIpc) is 2.93. The molecule has 0 aliphatic heterocycles. The zero-order chi connectivity index (χ0) is 13.9. The summed E-state index contributed by atoms with van der Waals surface area (Å²) in [5.74, 6) is -0.0605. The van der Waals surface area contributed by atoms with Crippen LogP contribution in [0, 0.1) is 6.92 Å². The summed E-state index contributed by atoms with van der Waals surface area (Å²) < 4.78 is 0. The Bertz CT molecular complexity index is 744. The third-order valence-corrected chi connectivity index (χ3v) is 3.27. The fourth-order valence-electron chi connectivity index (χ4n) is 2.08. The lowest BCUT2D eigenvalue weighted by molar-refractivity contribution is 0.0951. The maximum atomic E-state index is 12.0. The number of benzene rings is 2. The number of hydrogen-bond acceptors (Lipinski definition) is 2. The molecule has 1 heterocycles. The predicted octanol–water partition coefficient (Wildman–Crippen LogP) is 2.80. The van der Waals surface area contributed by atoms with Crippen LogP contribution in [-0.2, 0) is 6.54 Å². The second-order valence-electron chi connectivity index (χ2n) is 4.84. The molecule has 2 N–H and O–H groups in total. The van der Waals surface area contributed by atoms with Gasteiger partial charge in [0.15, 0.2) is 0 Å². The van der Waals surface area contributed by atoms with Gasteiger partial charge in [-0.1, -0.05) is 29.8 Å². The summed E-state index contributed by atoms with van der Waals surface area (Å²) >= 11 is 0. The Morgan fingerprint density at radius 1 is 1.20 bits per heavy atom. The Kier molecular flexibility index (Phi) is 3.21. The molecule has 4 heteroatoms. The number of aryl methyl sites for hydroxylation is 1. The van der Waals surface area contributed by atoms with Gasteiger partial charge in [-0.25, -0.2) is 0 Å². The van der Waals surface area contributed by atoms with E-state index in [0.29, 0.717) is 12.1 Å². The molecule has 0 radical (unpaired) electrons. The van der Waals surface area contributed by atoms with Crippen molar-refractivity contribution >= 4 is 16.8 Å². The van der Waals surface area contributed by atoms with E-state index in [1.54, 1.807) is 6.20 Å². The highest BCUT2D eigenvalue weighted by molar-refractivity contribution is 5.94. The normalized spacial score (nSPS) is 10.7. The van der Waals surface area contributed by atoms with Gasteiger partial charge in [0, 0.05) is 17.5 Å². The monoisotopic (exact) mass is 265 g/mol. The molecule has 0 unspecified atom stereocenters. The van der Waals surface area contributed by atoms with Crippen molar-refractivity contribution in [2.45, 2.75) is 13.5 Å². The van der Waals surface area contributed by atoms with E-state index < -0.39 is 0 Å².